The number of nitrogens with zero attached hydrogens (tertiary/aromatic N) is 3. The Kier molecular flexibility index (Phi) is 7.21. The minimum Gasteiger partial charge on any atom is -0.325 e. The van der Waals surface area contributed by atoms with Gasteiger partial charge in [-0.2, -0.15) is 0 Å². The first-order chi connectivity index (χ1) is 16.6. The molecule has 0 spiro atoms. The van der Waals surface area contributed by atoms with Crippen molar-refractivity contribution in [3.8, 4) is 0 Å². The molecule has 2 fully saturated rings. The van der Waals surface area contributed by atoms with Crippen molar-refractivity contribution in [2.24, 2.45) is 5.92 Å². The molecule has 2 aromatic rings. The van der Waals surface area contributed by atoms with Crippen LogP contribution < -0.4 is 4.90 Å². The van der Waals surface area contributed by atoms with Gasteiger partial charge in [-0.1, -0.05) is 49.1 Å². The Bertz CT molecular complexity index is 1010. The van der Waals surface area contributed by atoms with Crippen molar-refractivity contribution in [2.75, 3.05) is 31.1 Å². The second-order valence-electron chi connectivity index (χ2n) is 10.1. The predicted octanol–water partition coefficient (Wildman–Crippen LogP) is 5.37. The fourth-order valence-electron chi connectivity index (χ4n) is 5.88. The highest BCUT2D eigenvalue weighted by Gasteiger charge is 2.32. The summed E-state index contributed by atoms with van der Waals surface area (Å²) in [5.74, 6) is 0.361. The molecule has 1 saturated carbocycles. The van der Waals surface area contributed by atoms with E-state index < -0.39 is 0 Å². The molecular weight excluding hydrogens is 446 g/mol. The number of amides is 2. The van der Waals surface area contributed by atoms with E-state index in [1.807, 2.05) is 29.2 Å². The normalized spacial score (nSPS) is 20.8. The summed E-state index contributed by atoms with van der Waals surface area (Å²) >= 11 is 5.99. The summed E-state index contributed by atoms with van der Waals surface area (Å²) in [5.41, 5.74) is 2.53. The van der Waals surface area contributed by atoms with Gasteiger partial charge in [0.15, 0.2) is 0 Å². The van der Waals surface area contributed by atoms with Gasteiger partial charge in [0, 0.05) is 35.4 Å². The number of hydrogen-bond acceptors (Lipinski definition) is 3. The number of benzene rings is 2. The largest absolute Gasteiger partial charge is 0.325 e. The first-order valence-electron chi connectivity index (χ1n) is 12.8. The Balaban J connectivity index is 1.28. The molecule has 1 aliphatic carbocycles. The first-order valence-corrected chi connectivity index (χ1v) is 13.1. The molecule has 0 bridgehead atoms. The zero-order valence-electron chi connectivity index (χ0n) is 19.8. The molecule has 5 rings (SSSR count). The maximum Gasteiger partial charge on any atom is 0.254 e. The van der Waals surface area contributed by atoms with E-state index in [9.17, 15) is 9.59 Å². The van der Waals surface area contributed by atoms with E-state index in [4.69, 9.17) is 11.6 Å². The van der Waals surface area contributed by atoms with Crippen LogP contribution in [0.25, 0.3) is 0 Å². The van der Waals surface area contributed by atoms with Crippen molar-refractivity contribution in [3.05, 3.63) is 64.7 Å². The third-order valence-corrected chi connectivity index (χ3v) is 8.08. The van der Waals surface area contributed by atoms with Gasteiger partial charge in [-0.25, -0.2) is 0 Å². The highest BCUT2D eigenvalue weighted by atomic mass is 35.5. The van der Waals surface area contributed by atoms with Crippen LogP contribution in [-0.4, -0.2) is 53.8 Å². The molecule has 180 valence electrons. The number of halogens is 1. The number of likely N-dealkylation sites (tertiary alicyclic amines) is 1. The maximum atomic E-state index is 13.5. The average Bonchev–Trinajstić information content (AvgIpc) is 3.01. The van der Waals surface area contributed by atoms with E-state index >= 15 is 0 Å². The van der Waals surface area contributed by atoms with Gasteiger partial charge >= 0.3 is 0 Å². The van der Waals surface area contributed by atoms with Gasteiger partial charge in [-0.05, 0) is 80.6 Å². The Hall–Kier alpha value is -2.37. The molecule has 0 atom stereocenters. The molecule has 0 radical (unpaired) electrons. The minimum atomic E-state index is -0.137. The molecule has 0 unspecified atom stereocenters. The van der Waals surface area contributed by atoms with E-state index in [0.29, 0.717) is 23.0 Å². The van der Waals surface area contributed by atoms with E-state index in [1.165, 1.54) is 32.1 Å². The molecule has 2 amide bonds. The van der Waals surface area contributed by atoms with Crippen molar-refractivity contribution in [2.45, 2.75) is 57.5 Å². The SMILES string of the molecule is O=C(c1ccc(Cl)cc1)N1CC(=O)N(CC2CCN(C3CCCCC3)CC2)c2ccccc2C1. The summed E-state index contributed by atoms with van der Waals surface area (Å²) in [6, 6.07) is 15.7. The number of piperidine rings is 1. The first kappa shape index (κ1) is 23.4. The van der Waals surface area contributed by atoms with Gasteiger partial charge in [-0.3, -0.25) is 9.59 Å². The average molecular weight is 480 g/mol. The summed E-state index contributed by atoms with van der Waals surface area (Å²) in [6.45, 7) is 3.54. The lowest BCUT2D eigenvalue weighted by Crippen LogP contribution is -2.46. The number of rotatable bonds is 4. The van der Waals surface area contributed by atoms with E-state index in [0.717, 1.165) is 49.8 Å². The van der Waals surface area contributed by atoms with Crippen LogP contribution in [0.3, 0.4) is 0 Å². The zero-order valence-corrected chi connectivity index (χ0v) is 20.6. The number of para-hydroxylation sites is 1. The van der Waals surface area contributed by atoms with Crippen LogP contribution in [0.4, 0.5) is 5.69 Å². The molecule has 2 heterocycles. The monoisotopic (exact) mass is 479 g/mol. The second kappa shape index (κ2) is 10.5. The van der Waals surface area contributed by atoms with Crippen LogP contribution in [0.2, 0.25) is 5.02 Å². The minimum absolute atomic E-state index is 0.00183. The van der Waals surface area contributed by atoms with Crippen LogP contribution in [0, 0.1) is 5.92 Å². The number of fused-ring (bicyclic) bond motifs is 1. The van der Waals surface area contributed by atoms with Crippen molar-refractivity contribution in [3.63, 3.8) is 0 Å². The quantitative estimate of drug-likeness (QED) is 0.591. The Labute approximate surface area is 207 Å². The van der Waals surface area contributed by atoms with Crippen LogP contribution in [-0.2, 0) is 11.3 Å². The summed E-state index contributed by atoms with van der Waals surface area (Å²) in [6.07, 6.45) is 9.09. The standard InChI is InChI=1S/C28H34ClN3O2/c29-24-12-10-22(11-13-24)28(34)31-19-23-6-4-5-9-26(23)32(27(33)20-31)18-21-14-16-30(17-15-21)25-7-2-1-3-8-25/h4-6,9-13,21,25H,1-3,7-8,14-20H2. The summed E-state index contributed by atoms with van der Waals surface area (Å²) < 4.78 is 0. The number of anilines is 1. The number of carbonyl (C=O) groups excluding carboxylic acids is 2. The maximum absolute atomic E-state index is 13.5. The molecule has 6 heteroatoms. The molecule has 2 aliphatic heterocycles. The molecule has 34 heavy (non-hydrogen) atoms. The van der Waals surface area contributed by atoms with Gasteiger partial charge < -0.3 is 14.7 Å². The molecule has 2 aromatic carbocycles. The van der Waals surface area contributed by atoms with Crippen molar-refractivity contribution in [1.29, 1.82) is 0 Å². The zero-order chi connectivity index (χ0) is 23.5. The van der Waals surface area contributed by atoms with Crippen molar-refractivity contribution >= 4 is 29.1 Å². The molecular formula is C28H34ClN3O2. The summed E-state index contributed by atoms with van der Waals surface area (Å²) in [4.78, 5) is 33.0. The topological polar surface area (TPSA) is 43.9 Å². The van der Waals surface area contributed by atoms with E-state index in [2.05, 4.69) is 4.90 Å². The van der Waals surface area contributed by atoms with Gasteiger partial charge in [0.2, 0.25) is 5.91 Å². The Morgan fingerprint density at radius 1 is 0.882 bits per heavy atom. The van der Waals surface area contributed by atoms with Crippen molar-refractivity contribution in [1.82, 2.24) is 9.80 Å². The molecule has 5 nitrogen and oxygen atoms in total. The molecule has 3 aliphatic rings. The molecule has 1 saturated heterocycles. The lowest BCUT2D eigenvalue weighted by molar-refractivity contribution is -0.119. The van der Waals surface area contributed by atoms with Gasteiger partial charge in [0.25, 0.3) is 5.91 Å². The predicted molar refractivity (Wildman–Crippen MR) is 136 cm³/mol. The highest BCUT2D eigenvalue weighted by Crippen LogP contribution is 2.31. The Morgan fingerprint density at radius 3 is 2.32 bits per heavy atom. The lowest BCUT2D eigenvalue weighted by Gasteiger charge is -2.40. The smallest absolute Gasteiger partial charge is 0.254 e. The Morgan fingerprint density at radius 2 is 1.59 bits per heavy atom. The fourth-order valence-corrected chi connectivity index (χ4v) is 6.00. The fraction of sp³-hybridized carbons (Fsp3) is 0.500. The van der Waals surface area contributed by atoms with Crippen LogP contribution >= 0.6 is 11.6 Å². The van der Waals surface area contributed by atoms with Gasteiger partial charge in [0.05, 0.1) is 0 Å². The van der Waals surface area contributed by atoms with Crippen LogP contribution in [0.15, 0.2) is 48.5 Å². The highest BCUT2D eigenvalue weighted by molar-refractivity contribution is 6.30. The number of carbonyl (C=O) groups is 2. The van der Waals surface area contributed by atoms with Crippen LogP contribution in [0.5, 0.6) is 0 Å². The van der Waals surface area contributed by atoms with Crippen molar-refractivity contribution < 1.29 is 9.59 Å². The van der Waals surface area contributed by atoms with Gasteiger partial charge in [0.1, 0.15) is 6.54 Å². The molecule has 0 aromatic heterocycles. The van der Waals surface area contributed by atoms with E-state index in [1.54, 1.807) is 29.2 Å². The third kappa shape index (κ3) is 5.16. The molecule has 0 N–H and O–H groups in total. The summed E-state index contributed by atoms with van der Waals surface area (Å²) in [7, 11) is 0. The lowest BCUT2D eigenvalue weighted by atomic mass is 9.90. The summed E-state index contributed by atoms with van der Waals surface area (Å²) in [5, 5.41) is 0.592. The van der Waals surface area contributed by atoms with E-state index in [-0.39, 0.29) is 18.4 Å². The van der Waals surface area contributed by atoms with Gasteiger partial charge in [-0.15, -0.1) is 0 Å². The number of hydrogen-bond donors (Lipinski definition) is 0. The second-order valence-corrected chi connectivity index (χ2v) is 10.5. The van der Waals surface area contributed by atoms with Crippen LogP contribution in [0.1, 0.15) is 60.9 Å². The third-order valence-electron chi connectivity index (χ3n) is 7.83.